The zero-order chi connectivity index (χ0) is 22.9. The normalized spacial score (nSPS) is 12.0. The van der Waals surface area contributed by atoms with E-state index in [1.807, 2.05) is 48.5 Å². The minimum absolute atomic E-state index is 0.134. The molecule has 0 aliphatic carbocycles. The number of benzene rings is 3. The van der Waals surface area contributed by atoms with E-state index in [4.69, 9.17) is 10.1 Å². The van der Waals surface area contributed by atoms with E-state index >= 15 is 0 Å². The van der Waals surface area contributed by atoms with Crippen molar-refractivity contribution in [2.24, 2.45) is 0 Å². The quantitative estimate of drug-likeness (QED) is 0.288. The van der Waals surface area contributed by atoms with Crippen LogP contribution in [-0.2, 0) is 11.4 Å². The summed E-state index contributed by atoms with van der Waals surface area (Å²) in [6, 6.07) is 23.0. The summed E-state index contributed by atoms with van der Waals surface area (Å²) in [7, 11) is 3.25. The van der Waals surface area contributed by atoms with Crippen molar-refractivity contribution in [2.75, 3.05) is 19.5 Å². The Balaban J connectivity index is 2.03. The van der Waals surface area contributed by atoms with Crippen molar-refractivity contribution in [1.82, 2.24) is 5.32 Å². The number of aliphatic hydroxyl groups is 1. The lowest BCUT2D eigenvalue weighted by Gasteiger charge is -2.22. The van der Waals surface area contributed by atoms with Gasteiger partial charge in [0, 0.05) is 30.6 Å². The zero-order valence-electron chi connectivity index (χ0n) is 18.1. The van der Waals surface area contributed by atoms with E-state index in [0.29, 0.717) is 22.6 Å². The first-order valence-electron chi connectivity index (χ1n) is 10.2. The first-order chi connectivity index (χ1) is 15.6. The molecule has 164 valence electrons. The van der Waals surface area contributed by atoms with E-state index in [2.05, 4.69) is 10.6 Å². The summed E-state index contributed by atoms with van der Waals surface area (Å²) < 4.78 is 5.34. The predicted octanol–water partition coefficient (Wildman–Crippen LogP) is 4.08. The van der Waals surface area contributed by atoms with E-state index in [1.165, 1.54) is 0 Å². The van der Waals surface area contributed by atoms with Crippen LogP contribution in [0, 0.1) is 5.41 Å². The van der Waals surface area contributed by atoms with Gasteiger partial charge in [-0.2, -0.15) is 0 Å². The molecule has 0 spiro atoms. The third-order valence-electron chi connectivity index (χ3n) is 4.98. The molecule has 0 aliphatic heterocycles. The first-order valence-corrected chi connectivity index (χ1v) is 10.2. The summed E-state index contributed by atoms with van der Waals surface area (Å²) in [5, 5.41) is 24.5. The Morgan fingerprint density at radius 3 is 2.31 bits per heavy atom. The van der Waals surface area contributed by atoms with Crippen molar-refractivity contribution in [1.29, 1.82) is 5.41 Å². The highest BCUT2D eigenvalue weighted by molar-refractivity contribution is 6.29. The number of nitrogens with one attached hydrogen (secondary N) is 3. The van der Waals surface area contributed by atoms with Gasteiger partial charge in [0.25, 0.3) is 0 Å². The zero-order valence-corrected chi connectivity index (χ0v) is 18.1. The number of methoxy groups -OCH3 is 1. The number of hydrogen-bond acceptors (Lipinski definition) is 6. The van der Waals surface area contributed by atoms with Crippen LogP contribution in [0.25, 0.3) is 0 Å². The van der Waals surface area contributed by atoms with E-state index in [-0.39, 0.29) is 23.7 Å². The Morgan fingerprint density at radius 2 is 1.72 bits per heavy atom. The maximum Gasteiger partial charge on any atom is 0.193 e. The number of ketones is 1. The van der Waals surface area contributed by atoms with Crippen LogP contribution in [-0.4, -0.2) is 30.8 Å². The average Bonchev–Trinajstić information content (AvgIpc) is 2.85. The summed E-state index contributed by atoms with van der Waals surface area (Å²) in [5.74, 6) is 0.314. The van der Waals surface area contributed by atoms with Crippen molar-refractivity contribution in [3.63, 3.8) is 0 Å². The van der Waals surface area contributed by atoms with Crippen LogP contribution in [0.2, 0.25) is 0 Å². The topological polar surface area (TPSA) is 94.4 Å². The number of hydrogen-bond donors (Lipinski definition) is 4. The van der Waals surface area contributed by atoms with Gasteiger partial charge in [0.15, 0.2) is 5.78 Å². The predicted molar refractivity (Wildman–Crippen MR) is 127 cm³/mol. The van der Waals surface area contributed by atoms with E-state index in [9.17, 15) is 9.90 Å². The highest BCUT2D eigenvalue weighted by Crippen LogP contribution is 2.28. The molecule has 1 unspecified atom stereocenters. The molecule has 3 aromatic carbocycles. The largest absolute Gasteiger partial charge is 0.497 e. The SMILES string of the molecule is CN/C=C(\C(=N)c1ccccc1)C(=O)C(Nc1cc(CO)cc(OC)c1)c1ccccc1. The monoisotopic (exact) mass is 429 g/mol. The molecule has 0 aromatic heterocycles. The summed E-state index contributed by atoms with van der Waals surface area (Å²) in [6.07, 6.45) is 1.56. The first kappa shape index (κ1) is 22.8. The highest BCUT2D eigenvalue weighted by Gasteiger charge is 2.27. The average molecular weight is 430 g/mol. The maximum absolute atomic E-state index is 13.8. The third kappa shape index (κ3) is 5.42. The fraction of sp³-hybridized carbons (Fsp3) is 0.154. The molecular formula is C26H27N3O3. The molecule has 4 N–H and O–H groups in total. The minimum Gasteiger partial charge on any atom is -0.497 e. The molecule has 3 rings (SSSR count). The summed E-state index contributed by atoms with van der Waals surface area (Å²) >= 11 is 0. The molecule has 0 saturated heterocycles. The van der Waals surface area contributed by atoms with Gasteiger partial charge in [0.1, 0.15) is 11.8 Å². The smallest absolute Gasteiger partial charge is 0.193 e. The Labute approximate surface area is 188 Å². The lowest BCUT2D eigenvalue weighted by molar-refractivity contribution is -0.115. The second kappa shape index (κ2) is 10.9. The van der Waals surface area contributed by atoms with Crippen molar-refractivity contribution in [3.05, 3.63) is 107 Å². The van der Waals surface area contributed by atoms with E-state index < -0.39 is 6.04 Å². The summed E-state index contributed by atoms with van der Waals surface area (Å²) in [5.41, 5.74) is 3.09. The number of aliphatic hydroxyl groups excluding tert-OH is 1. The van der Waals surface area contributed by atoms with Gasteiger partial charge in [-0.05, 0) is 23.3 Å². The van der Waals surface area contributed by atoms with Crippen molar-refractivity contribution < 1.29 is 14.6 Å². The standard InChI is InChI=1S/C26H27N3O3/c1-28-16-23(24(27)19-9-5-3-6-10-19)26(31)25(20-11-7-4-8-12-20)29-21-13-18(17-30)14-22(15-21)32-2/h3-16,25,27-30H,17H2,1-2H3/b23-16+,27-24?. The Morgan fingerprint density at radius 1 is 1.06 bits per heavy atom. The van der Waals surface area contributed by atoms with Crippen LogP contribution in [0.3, 0.4) is 0 Å². The van der Waals surface area contributed by atoms with Crippen LogP contribution in [0.4, 0.5) is 5.69 Å². The van der Waals surface area contributed by atoms with Crippen LogP contribution < -0.4 is 15.4 Å². The maximum atomic E-state index is 13.8. The highest BCUT2D eigenvalue weighted by atomic mass is 16.5. The van der Waals surface area contributed by atoms with Crippen molar-refractivity contribution in [2.45, 2.75) is 12.6 Å². The second-order valence-corrected chi connectivity index (χ2v) is 7.17. The lowest BCUT2D eigenvalue weighted by atomic mass is 9.92. The summed E-state index contributed by atoms with van der Waals surface area (Å²) in [6.45, 7) is -0.153. The Bertz CT molecular complexity index is 1070. The molecule has 32 heavy (non-hydrogen) atoms. The molecule has 0 bridgehead atoms. The Hall–Kier alpha value is -3.90. The Kier molecular flexibility index (Phi) is 7.78. The molecule has 0 heterocycles. The fourth-order valence-electron chi connectivity index (χ4n) is 3.39. The number of carbonyl (C=O) groups excluding carboxylic acids is 1. The molecule has 1 atom stereocenters. The number of carbonyl (C=O) groups is 1. The van der Waals surface area contributed by atoms with Crippen LogP contribution >= 0.6 is 0 Å². The van der Waals surface area contributed by atoms with Gasteiger partial charge < -0.3 is 20.5 Å². The van der Waals surface area contributed by atoms with Crippen LogP contribution in [0.5, 0.6) is 5.75 Å². The van der Waals surface area contributed by atoms with Crippen LogP contribution in [0.1, 0.15) is 22.7 Å². The molecule has 6 nitrogen and oxygen atoms in total. The van der Waals surface area contributed by atoms with Crippen molar-refractivity contribution >= 4 is 17.2 Å². The van der Waals surface area contributed by atoms with Gasteiger partial charge in [0.05, 0.1) is 25.0 Å². The minimum atomic E-state index is -0.751. The van der Waals surface area contributed by atoms with E-state index in [0.717, 1.165) is 5.56 Å². The van der Waals surface area contributed by atoms with Crippen molar-refractivity contribution in [3.8, 4) is 5.75 Å². The van der Waals surface area contributed by atoms with Gasteiger partial charge in [-0.1, -0.05) is 60.7 Å². The fourth-order valence-corrected chi connectivity index (χ4v) is 3.39. The second-order valence-electron chi connectivity index (χ2n) is 7.17. The van der Waals surface area contributed by atoms with E-state index in [1.54, 1.807) is 50.7 Å². The number of anilines is 1. The van der Waals surface area contributed by atoms with Gasteiger partial charge >= 0.3 is 0 Å². The molecule has 0 amide bonds. The lowest BCUT2D eigenvalue weighted by Crippen LogP contribution is -2.27. The summed E-state index contributed by atoms with van der Waals surface area (Å²) in [4.78, 5) is 13.8. The van der Waals surface area contributed by atoms with Gasteiger partial charge in [0.2, 0.25) is 0 Å². The molecular weight excluding hydrogens is 402 g/mol. The molecule has 6 heteroatoms. The number of ether oxygens (including phenoxy) is 1. The molecule has 0 fully saturated rings. The van der Waals surface area contributed by atoms with Gasteiger partial charge in [-0.15, -0.1) is 0 Å². The molecule has 0 aliphatic rings. The molecule has 0 saturated carbocycles. The third-order valence-corrected chi connectivity index (χ3v) is 4.98. The number of Topliss-reactive ketones (excluding diaryl/α,β-unsaturated/α-hetero) is 1. The van der Waals surface area contributed by atoms with Gasteiger partial charge in [-0.3, -0.25) is 10.2 Å². The van der Waals surface area contributed by atoms with Crippen LogP contribution in [0.15, 0.2) is 90.6 Å². The van der Waals surface area contributed by atoms with Gasteiger partial charge in [-0.25, -0.2) is 0 Å². The number of rotatable bonds is 10. The molecule has 3 aromatic rings. The molecule has 0 radical (unpaired) electrons.